The normalized spacial score (nSPS) is 14.1. The third-order valence-corrected chi connectivity index (χ3v) is 4.56. The second kappa shape index (κ2) is 6.94. The van der Waals surface area contributed by atoms with Gasteiger partial charge < -0.3 is 5.73 Å². The molecule has 0 saturated carbocycles. The second-order valence-corrected chi connectivity index (χ2v) is 5.97. The van der Waals surface area contributed by atoms with Crippen molar-refractivity contribution in [2.45, 2.75) is 29.5 Å². The molecule has 2 rings (SSSR count). The number of thioether (sulfide) groups is 1. The van der Waals surface area contributed by atoms with Gasteiger partial charge in [0.05, 0.1) is 10.9 Å². The molecule has 2 unspecified atom stereocenters. The fourth-order valence-electron chi connectivity index (χ4n) is 1.79. The van der Waals surface area contributed by atoms with Crippen molar-refractivity contribution < 1.29 is 0 Å². The van der Waals surface area contributed by atoms with Crippen LogP contribution in [0.3, 0.4) is 0 Å². The zero-order valence-corrected chi connectivity index (χ0v) is 12.4. The largest absolute Gasteiger partial charge is 0.326 e. The number of rotatable bonds is 5. The predicted octanol–water partition coefficient (Wildman–Crippen LogP) is 4.31. The molecule has 0 aliphatic heterocycles. The number of hydrogen-bond acceptors (Lipinski definition) is 3. The van der Waals surface area contributed by atoms with E-state index >= 15 is 0 Å². The van der Waals surface area contributed by atoms with Gasteiger partial charge in [-0.25, -0.2) is 0 Å². The lowest BCUT2D eigenvalue weighted by atomic mass is 10.1. The minimum Gasteiger partial charge on any atom is -0.326 e. The molecule has 0 radical (unpaired) electrons. The first kappa shape index (κ1) is 14.4. The van der Waals surface area contributed by atoms with Crippen molar-refractivity contribution in [1.82, 2.24) is 4.98 Å². The van der Waals surface area contributed by atoms with Crippen LogP contribution in [0.25, 0.3) is 0 Å². The molecule has 0 spiro atoms. The number of hydrogen-bond donors (Lipinski definition) is 1. The second-order valence-electron chi connectivity index (χ2n) is 4.32. The van der Waals surface area contributed by atoms with Crippen LogP contribution in [-0.2, 0) is 0 Å². The van der Waals surface area contributed by atoms with E-state index < -0.39 is 0 Å². The Hall–Kier alpha value is -1.03. The minimum atomic E-state index is 0.0792. The number of benzene rings is 1. The third kappa shape index (κ3) is 3.96. The molecule has 1 aromatic carbocycles. The van der Waals surface area contributed by atoms with Gasteiger partial charge in [0, 0.05) is 22.2 Å². The molecule has 2 atom stereocenters. The SMILES string of the molecule is CCC(N)C(Sc1ccc(Cl)cc1)c1ccccn1. The van der Waals surface area contributed by atoms with Crippen molar-refractivity contribution >= 4 is 23.4 Å². The summed E-state index contributed by atoms with van der Waals surface area (Å²) in [7, 11) is 0. The maximum absolute atomic E-state index is 6.24. The van der Waals surface area contributed by atoms with Crippen LogP contribution in [0.15, 0.2) is 53.6 Å². The Bertz CT molecular complexity index is 501. The van der Waals surface area contributed by atoms with E-state index in [-0.39, 0.29) is 11.3 Å². The summed E-state index contributed by atoms with van der Waals surface area (Å²) in [5.41, 5.74) is 7.26. The van der Waals surface area contributed by atoms with Crippen LogP contribution in [0.5, 0.6) is 0 Å². The van der Waals surface area contributed by atoms with Crippen molar-refractivity contribution in [1.29, 1.82) is 0 Å². The summed E-state index contributed by atoms with van der Waals surface area (Å²) in [4.78, 5) is 5.59. The fraction of sp³-hybridized carbons (Fsp3) is 0.267. The predicted molar refractivity (Wildman–Crippen MR) is 82.6 cm³/mol. The fourth-order valence-corrected chi connectivity index (χ4v) is 3.13. The Morgan fingerprint density at radius 3 is 2.53 bits per heavy atom. The highest BCUT2D eigenvalue weighted by Gasteiger charge is 2.20. The lowest BCUT2D eigenvalue weighted by molar-refractivity contribution is 0.624. The average molecular weight is 293 g/mol. The maximum atomic E-state index is 6.24. The molecule has 2 aromatic rings. The Kier molecular flexibility index (Phi) is 5.25. The van der Waals surface area contributed by atoms with Gasteiger partial charge in [0.25, 0.3) is 0 Å². The van der Waals surface area contributed by atoms with E-state index in [0.717, 1.165) is 22.0 Å². The van der Waals surface area contributed by atoms with Crippen LogP contribution in [0.1, 0.15) is 24.3 Å². The molecule has 4 heteroatoms. The quantitative estimate of drug-likeness (QED) is 0.835. The van der Waals surface area contributed by atoms with Gasteiger partial charge in [-0.2, -0.15) is 0 Å². The molecule has 2 N–H and O–H groups in total. The van der Waals surface area contributed by atoms with Crippen molar-refractivity contribution in [2.24, 2.45) is 5.73 Å². The van der Waals surface area contributed by atoms with Gasteiger partial charge >= 0.3 is 0 Å². The van der Waals surface area contributed by atoms with Crippen LogP contribution >= 0.6 is 23.4 Å². The van der Waals surface area contributed by atoms with Gasteiger partial charge in [0.2, 0.25) is 0 Å². The highest BCUT2D eigenvalue weighted by Crippen LogP contribution is 2.37. The van der Waals surface area contributed by atoms with E-state index in [1.54, 1.807) is 11.8 Å². The molecule has 0 amide bonds. The van der Waals surface area contributed by atoms with Crippen LogP contribution in [0.4, 0.5) is 0 Å². The lowest BCUT2D eigenvalue weighted by Crippen LogP contribution is -2.26. The minimum absolute atomic E-state index is 0.0792. The van der Waals surface area contributed by atoms with Gasteiger partial charge in [0.1, 0.15) is 0 Å². The van der Waals surface area contributed by atoms with Crippen LogP contribution < -0.4 is 5.73 Å². The average Bonchev–Trinajstić information content (AvgIpc) is 2.47. The van der Waals surface area contributed by atoms with E-state index in [4.69, 9.17) is 17.3 Å². The Morgan fingerprint density at radius 1 is 1.21 bits per heavy atom. The highest BCUT2D eigenvalue weighted by atomic mass is 35.5. The van der Waals surface area contributed by atoms with Crippen LogP contribution in [0, 0.1) is 0 Å². The van der Waals surface area contributed by atoms with Crippen LogP contribution in [0.2, 0.25) is 5.02 Å². The summed E-state index contributed by atoms with van der Waals surface area (Å²) in [6.45, 7) is 2.10. The van der Waals surface area contributed by atoms with Crippen molar-refractivity contribution in [3.63, 3.8) is 0 Å². The molecule has 1 aromatic heterocycles. The smallest absolute Gasteiger partial charge is 0.0668 e. The molecule has 100 valence electrons. The number of aromatic nitrogens is 1. The molecule has 19 heavy (non-hydrogen) atoms. The van der Waals surface area contributed by atoms with Crippen molar-refractivity contribution in [2.75, 3.05) is 0 Å². The first-order valence-electron chi connectivity index (χ1n) is 6.29. The van der Waals surface area contributed by atoms with Gasteiger partial charge in [-0.1, -0.05) is 24.6 Å². The molecule has 0 aliphatic rings. The Morgan fingerprint density at radius 2 is 1.95 bits per heavy atom. The van der Waals surface area contributed by atoms with Crippen molar-refractivity contribution in [3.8, 4) is 0 Å². The number of pyridine rings is 1. The molecule has 2 nitrogen and oxygen atoms in total. The van der Waals surface area contributed by atoms with E-state index in [1.807, 2.05) is 48.7 Å². The summed E-state index contributed by atoms with van der Waals surface area (Å²) in [5, 5.41) is 0.908. The topological polar surface area (TPSA) is 38.9 Å². The maximum Gasteiger partial charge on any atom is 0.0668 e. The zero-order valence-electron chi connectivity index (χ0n) is 10.8. The molecule has 0 bridgehead atoms. The summed E-state index contributed by atoms with van der Waals surface area (Å²) in [6, 6.07) is 13.9. The lowest BCUT2D eigenvalue weighted by Gasteiger charge is -2.22. The van der Waals surface area contributed by atoms with Gasteiger partial charge in [-0.3, -0.25) is 4.98 Å². The first-order chi connectivity index (χ1) is 9.20. The standard InChI is InChI=1S/C15H17ClN2S/c1-2-13(17)15(14-5-3-4-10-18-14)19-12-8-6-11(16)7-9-12/h3-10,13,15H,2,17H2,1H3. The highest BCUT2D eigenvalue weighted by molar-refractivity contribution is 7.99. The van der Waals surface area contributed by atoms with E-state index in [2.05, 4.69) is 11.9 Å². The first-order valence-corrected chi connectivity index (χ1v) is 7.55. The van der Waals surface area contributed by atoms with E-state index in [9.17, 15) is 0 Å². The van der Waals surface area contributed by atoms with E-state index in [0.29, 0.717) is 0 Å². The molecule has 0 aliphatic carbocycles. The molecule has 0 fully saturated rings. The summed E-state index contributed by atoms with van der Waals surface area (Å²) >= 11 is 7.65. The van der Waals surface area contributed by atoms with Gasteiger partial charge in [-0.15, -0.1) is 11.8 Å². The Labute approximate surface area is 123 Å². The molecule has 1 heterocycles. The number of nitrogens with two attached hydrogens (primary N) is 1. The number of nitrogens with zero attached hydrogens (tertiary/aromatic N) is 1. The number of halogens is 1. The van der Waals surface area contributed by atoms with Crippen molar-refractivity contribution in [3.05, 3.63) is 59.4 Å². The molecule has 0 saturated heterocycles. The molecular formula is C15H17ClN2S. The van der Waals surface area contributed by atoms with Crippen LogP contribution in [-0.4, -0.2) is 11.0 Å². The molecular weight excluding hydrogens is 276 g/mol. The van der Waals surface area contributed by atoms with Gasteiger partial charge in [-0.05, 0) is 42.8 Å². The zero-order chi connectivity index (χ0) is 13.7. The monoisotopic (exact) mass is 292 g/mol. The summed E-state index contributed by atoms with van der Waals surface area (Å²) < 4.78 is 0. The summed E-state index contributed by atoms with van der Waals surface area (Å²) in [6.07, 6.45) is 2.73. The third-order valence-electron chi connectivity index (χ3n) is 2.92. The van der Waals surface area contributed by atoms with Gasteiger partial charge in [0.15, 0.2) is 0 Å². The Balaban J connectivity index is 2.21. The van der Waals surface area contributed by atoms with E-state index in [1.165, 1.54) is 0 Å². The summed E-state index contributed by atoms with van der Waals surface area (Å²) in [5.74, 6) is 0.